The van der Waals surface area contributed by atoms with Crippen molar-refractivity contribution >= 4 is 16.8 Å². The fourth-order valence-electron chi connectivity index (χ4n) is 2.28. The van der Waals surface area contributed by atoms with Gasteiger partial charge < -0.3 is 0 Å². The normalized spacial score (nSPS) is 12.2. The van der Waals surface area contributed by atoms with Gasteiger partial charge in [0, 0.05) is 0 Å². The number of hydrogen-bond donors (Lipinski definition) is 0. The van der Waals surface area contributed by atoms with Crippen LogP contribution in [0.5, 0.6) is 0 Å². The zero-order chi connectivity index (χ0) is 13.8. The molecule has 0 amide bonds. The summed E-state index contributed by atoms with van der Waals surface area (Å²) in [5.41, 5.74) is 4.49. The maximum atomic E-state index is 11.7. The molecule has 2 aromatic rings. The van der Waals surface area contributed by atoms with E-state index in [1.807, 2.05) is 43.3 Å². The van der Waals surface area contributed by atoms with Crippen molar-refractivity contribution in [2.24, 2.45) is 0 Å². The Bertz CT molecular complexity index is 589. The van der Waals surface area contributed by atoms with Crippen LogP contribution in [0.2, 0.25) is 0 Å². The monoisotopic (exact) mass is 272 g/mol. The zero-order valence-corrected chi connectivity index (χ0v) is 11.9. The van der Waals surface area contributed by atoms with Gasteiger partial charge in [0.1, 0.15) is 0 Å². The fraction of sp³-hybridized carbons (Fsp3) is 0.235. The molecule has 2 aromatic carbocycles. The van der Waals surface area contributed by atoms with E-state index in [2.05, 4.69) is 19.1 Å². The number of halogens is 1. The van der Waals surface area contributed by atoms with Crippen LogP contribution < -0.4 is 0 Å². The summed E-state index contributed by atoms with van der Waals surface area (Å²) in [7, 11) is 0. The summed E-state index contributed by atoms with van der Waals surface area (Å²) < 4.78 is 0. The van der Waals surface area contributed by atoms with Gasteiger partial charge in [-0.15, -0.1) is 0 Å². The van der Waals surface area contributed by atoms with E-state index in [-0.39, 0.29) is 11.2 Å². The van der Waals surface area contributed by atoms with Gasteiger partial charge in [0.15, 0.2) is 0 Å². The maximum absolute atomic E-state index is 11.7. The van der Waals surface area contributed by atoms with Crippen molar-refractivity contribution in [3.8, 4) is 0 Å². The molecule has 0 aliphatic heterocycles. The Morgan fingerprint density at radius 2 is 1.84 bits per heavy atom. The summed E-state index contributed by atoms with van der Waals surface area (Å²) in [5, 5.41) is -0.297. The van der Waals surface area contributed by atoms with E-state index in [9.17, 15) is 4.79 Å². The second-order valence-electron chi connectivity index (χ2n) is 4.90. The highest BCUT2D eigenvalue weighted by atomic mass is 35.5. The zero-order valence-electron chi connectivity index (χ0n) is 11.2. The number of benzene rings is 2. The molecular weight excluding hydrogens is 256 g/mol. The van der Waals surface area contributed by atoms with Crippen LogP contribution in [0, 0.1) is 13.8 Å². The summed E-state index contributed by atoms with van der Waals surface area (Å²) >= 11 is 5.79. The molecule has 0 spiro atoms. The van der Waals surface area contributed by atoms with E-state index >= 15 is 0 Å². The van der Waals surface area contributed by atoms with Gasteiger partial charge in [-0.25, -0.2) is 0 Å². The van der Waals surface area contributed by atoms with Gasteiger partial charge in [-0.3, -0.25) is 4.79 Å². The number of carbonyl (C=O) groups excluding carboxylic acids is 1. The maximum Gasteiger partial charge on any atom is 0.229 e. The highest BCUT2D eigenvalue weighted by molar-refractivity contribution is 6.64. The minimum absolute atomic E-state index is 0.275. The molecule has 1 nitrogen and oxygen atoms in total. The van der Waals surface area contributed by atoms with Gasteiger partial charge in [0.05, 0.1) is 5.92 Å². The predicted molar refractivity (Wildman–Crippen MR) is 79.7 cm³/mol. The first-order valence-electron chi connectivity index (χ1n) is 6.38. The van der Waals surface area contributed by atoms with E-state index < -0.39 is 0 Å². The molecule has 0 radical (unpaired) electrons. The van der Waals surface area contributed by atoms with E-state index in [0.717, 1.165) is 11.1 Å². The van der Waals surface area contributed by atoms with Gasteiger partial charge in [0.2, 0.25) is 5.24 Å². The first-order valence-corrected chi connectivity index (χ1v) is 6.76. The first kappa shape index (κ1) is 13.8. The Hall–Kier alpha value is -1.60. The molecule has 0 aromatic heterocycles. The number of carbonyl (C=O) groups is 1. The molecule has 1 unspecified atom stereocenters. The third-order valence-corrected chi connectivity index (χ3v) is 3.67. The van der Waals surface area contributed by atoms with E-state index in [1.165, 1.54) is 11.1 Å². The van der Waals surface area contributed by atoms with Crippen molar-refractivity contribution in [3.05, 3.63) is 70.8 Å². The average Bonchev–Trinajstić information content (AvgIpc) is 2.37. The fourth-order valence-corrected chi connectivity index (χ4v) is 2.48. The molecule has 0 aliphatic rings. The molecule has 1 atom stereocenters. The number of aryl methyl sites for hydroxylation is 2. The van der Waals surface area contributed by atoms with E-state index in [1.54, 1.807) is 0 Å². The third kappa shape index (κ3) is 3.45. The van der Waals surface area contributed by atoms with Gasteiger partial charge in [-0.1, -0.05) is 54.1 Å². The lowest BCUT2D eigenvalue weighted by molar-refractivity contribution is -0.113. The summed E-state index contributed by atoms with van der Waals surface area (Å²) in [5.74, 6) is -0.275. The second kappa shape index (κ2) is 6.03. The molecule has 0 bridgehead atoms. The Labute approximate surface area is 119 Å². The van der Waals surface area contributed by atoms with Crippen LogP contribution in [0.4, 0.5) is 0 Å². The van der Waals surface area contributed by atoms with Crippen LogP contribution in [0.25, 0.3) is 0 Å². The van der Waals surface area contributed by atoms with Crippen molar-refractivity contribution in [2.75, 3.05) is 0 Å². The third-order valence-electron chi connectivity index (χ3n) is 3.40. The smallest absolute Gasteiger partial charge is 0.229 e. The van der Waals surface area contributed by atoms with Gasteiger partial charge in [0.25, 0.3) is 0 Å². The van der Waals surface area contributed by atoms with Crippen molar-refractivity contribution in [3.63, 3.8) is 0 Å². The van der Waals surface area contributed by atoms with Crippen molar-refractivity contribution in [1.82, 2.24) is 0 Å². The Kier molecular flexibility index (Phi) is 4.39. The molecule has 2 heteroatoms. The summed E-state index contributed by atoms with van der Waals surface area (Å²) in [4.78, 5) is 11.7. The summed E-state index contributed by atoms with van der Waals surface area (Å²) in [6.07, 6.45) is 0.651. The van der Waals surface area contributed by atoms with Crippen LogP contribution in [-0.4, -0.2) is 5.24 Å². The molecule has 2 rings (SSSR count). The average molecular weight is 273 g/mol. The Balaban J connectivity index is 2.32. The quantitative estimate of drug-likeness (QED) is 0.754. The minimum atomic E-state index is -0.297. The summed E-state index contributed by atoms with van der Waals surface area (Å²) in [6.45, 7) is 4.08. The first-order chi connectivity index (χ1) is 9.08. The van der Waals surface area contributed by atoms with E-state index in [4.69, 9.17) is 11.6 Å². The van der Waals surface area contributed by atoms with E-state index in [0.29, 0.717) is 6.42 Å². The van der Waals surface area contributed by atoms with Crippen molar-refractivity contribution in [2.45, 2.75) is 26.2 Å². The molecule has 98 valence electrons. The second-order valence-corrected chi connectivity index (χ2v) is 5.27. The lowest BCUT2D eigenvalue weighted by Gasteiger charge is -2.15. The molecule has 0 N–H and O–H groups in total. The molecule has 19 heavy (non-hydrogen) atoms. The molecule has 0 heterocycles. The minimum Gasteiger partial charge on any atom is -0.281 e. The SMILES string of the molecule is Cc1cccc(C(Cc2ccccc2C)C(=O)Cl)c1. The lowest BCUT2D eigenvalue weighted by Crippen LogP contribution is -2.11. The van der Waals surface area contributed by atoms with Crippen molar-refractivity contribution in [1.29, 1.82) is 0 Å². The topological polar surface area (TPSA) is 17.1 Å². The van der Waals surface area contributed by atoms with Gasteiger partial charge in [-0.2, -0.15) is 0 Å². The molecular formula is C17H17ClO. The van der Waals surface area contributed by atoms with Crippen LogP contribution >= 0.6 is 11.6 Å². The molecule has 0 saturated carbocycles. The predicted octanol–water partition coefficient (Wildman–Crippen LogP) is 4.40. The van der Waals surface area contributed by atoms with Crippen LogP contribution in [0.15, 0.2) is 48.5 Å². The summed E-state index contributed by atoms with van der Waals surface area (Å²) in [6, 6.07) is 16.1. The van der Waals surface area contributed by atoms with Crippen LogP contribution in [0.3, 0.4) is 0 Å². The number of hydrogen-bond acceptors (Lipinski definition) is 1. The molecule has 0 fully saturated rings. The molecule has 0 aliphatic carbocycles. The van der Waals surface area contributed by atoms with Crippen molar-refractivity contribution < 1.29 is 4.79 Å². The van der Waals surface area contributed by atoms with Crippen LogP contribution in [-0.2, 0) is 11.2 Å². The standard InChI is InChI=1S/C17H17ClO/c1-12-6-5-9-15(10-12)16(17(18)19)11-14-8-4-3-7-13(14)2/h3-10,16H,11H2,1-2H3. The lowest BCUT2D eigenvalue weighted by atomic mass is 9.90. The van der Waals surface area contributed by atoms with Gasteiger partial charge >= 0.3 is 0 Å². The largest absolute Gasteiger partial charge is 0.281 e. The highest BCUT2D eigenvalue weighted by Gasteiger charge is 2.20. The number of rotatable bonds is 4. The Morgan fingerprint density at radius 3 is 2.47 bits per heavy atom. The highest BCUT2D eigenvalue weighted by Crippen LogP contribution is 2.25. The van der Waals surface area contributed by atoms with Crippen LogP contribution in [0.1, 0.15) is 28.2 Å². The Morgan fingerprint density at radius 1 is 1.11 bits per heavy atom. The molecule has 0 saturated heterocycles. The van der Waals surface area contributed by atoms with Gasteiger partial charge in [-0.05, 0) is 48.6 Å².